The molecule has 1 aliphatic heterocycles. The summed E-state index contributed by atoms with van der Waals surface area (Å²) >= 11 is 5.77. The number of benzene rings is 2. The highest BCUT2D eigenvalue weighted by Crippen LogP contribution is 2.30. The molecule has 0 fully saturated rings. The molecule has 1 aromatic heterocycles. The first kappa shape index (κ1) is 12.2. The Hall–Kier alpha value is -2.53. The van der Waals surface area contributed by atoms with Crippen LogP contribution in [-0.2, 0) is 0 Å². The lowest BCUT2D eigenvalue weighted by Gasteiger charge is -2.05. The number of hydrogen-bond acceptors (Lipinski definition) is 3. The molecular weight excluding hydrogens is 295 g/mol. The van der Waals surface area contributed by atoms with E-state index in [1.54, 1.807) is 24.3 Å². The molecule has 21 heavy (non-hydrogen) atoms. The highest BCUT2D eigenvalue weighted by molar-refractivity contribution is 6.31. The number of halogens is 2. The van der Waals surface area contributed by atoms with E-state index in [0.717, 1.165) is 10.6 Å². The fraction of sp³-hybridized carbons (Fsp3) is 0. The summed E-state index contributed by atoms with van der Waals surface area (Å²) in [5.74, 6) is -0.982. The standard InChI is InChI=1S/C15H6ClFN2O2/c16-7-5-10-12(11(17)6-7)18-13-8-3-1-2-4-9(8)14(20)19(13)15(10)21/h1-6H. The second kappa shape index (κ2) is 3.99. The van der Waals surface area contributed by atoms with E-state index in [9.17, 15) is 14.0 Å². The van der Waals surface area contributed by atoms with Crippen molar-refractivity contribution in [2.45, 2.75) is 0 Å². The zero-order valence-electron chi connectivity index (χ0n) is 10.4. The zero-order chi connectivity index (χ0) is 14.7. The average molecular weight is 301 g/mol. The van der Waals surface area contributed by atoms with Gasteiger partial charge in [-0.05, 0) is 18.2 Å². The van der Waals surface area contributed by atoms with Crippen molar-refractivity contribution in [2.75, 3.05) is 0 Å². The van der Waals surface area contributed by atoms with Crippen molar-refractivity contribution in [1.82, 2.24) is 9.55 Å². The summed E-state index contributed by atoms with van der Waals surface area (Å²) in [7, 11) is 0. The van der Waals surface area contributed by atoms with Crippen LogP contribution in [0.3, 0.4) is 0 Å². The normalized spacial score (nSPS) is 12.6. The average Bonchev–Trinajstić information content (AvgIpc) is 2.75. The van der Waals surface area contributed by atoms with E-state index >= 15 is 0 Å². The Labute approximate surface area is 122 Å². The Balaban J connectivity index is 2.22. The van der Waals surface area contributed by atoms with Gasteiger partial charge >= 0.3 is 0 Å². The molecule has 0 atom stereocenters. The maximum Gasteiger partial charge on any atom is 0.268 e. The molecule has 0 amide bonds. The topological polar surface area (TPSA) is 52.0 Å². The van der Waals surface area contributed by atoms with Gasteiger partial charge in [0.15, 0.2) is 11.6 Å². The number of carbonyl (C=O) groups excluding carboxylic acids is 1. The number of hydrogen-bond donors (Lipinski definition) is 0. The van der Waals surface area contributed by atoms with E-state index in [1.165, 1.54) is 6.07 Å². The fourth-order valence-electron chi connectivity index (χ4n) is 2.57. The van der Waals surface area contributed by atoms with E-state index < -0.39 is 17.3 Å². The first-order valence-corrected chi connectivity index (χ1v) is 6.51. The minimum absolute atomic E-state index is 0.00935. The van der Waals surface area contributed by atoms with Gasteiger partial charge in [0.2, 0.25) is 0 Å². The molecule has 2 heterocycles. The Morgan fingerprint density at radius 3 is 2.57 bits per heavy atom. The summed E-state index contributed by atoms with van der Waals surface area (Å²) in [6.07, 6.45) is 0. The summed E-state index contributed by atoms with van der Waals surface area (Å²) < 4.78 is 14.9. The highest BCUT2D eigenvalue weighted by Gasteiger charge is 2.30. The number of aromatic nitrogens is 2. The lowest BCUT2D eigenvalue weighted by atomic mass is 10.1. The smallest absolute Gasteiger partial charge is 0.268 e. The van der Waals surface area contributed by atoms with Crippen LogP contribution in [0.1, 0.15) is 10.4 Å². The summed E-state index contributed by atoms with van der Waals surface area (Å²) in [4.78, 5) is 29.0. The van der Waals surface area contributed by atoms with E-state index in [1.807, 2.05) is 0 Å². The fourth-order valence-corrected chi connectivity index (χ4v) is 2.77. The van der Waals surface area contributed by atoms with E-state index in [2.05, 4.69) is 4.98 Å². The van der Waals surface area contributed by atoms with Gasteiger partial charge in [0.25, 0.3) is 11.5 Å². The maximum atomic E-state index is 14.0. The summed E-state index contributed by atoms with van der Waals surface area (Å²) in [5.41, 5.74) is 0.206. The highest BCUT2D eigenvalue weighted by atomic mass is 35.5. The van der Waals surface area contributed by atoms with Crippen LogP contribution in [0.25, 0.3) is 22.3 Å². The van der Waals surface area contributed by atoms with Crippen LogP contribution in [0.2, 0.25) is 5.02 Å². The Kier molecular flexibility index (Phi) is 2.32. The van der Waals surface area contributed by atoms with Gasteiger partial charge in [-0.25, -0.2) is 13.9 Å². The van der Waals surface area contributed by atoms with Crippen molar-refractivity contribution in [1.29, 1.82) is 0 Å². The van der Waals surface area contributed by atoms with Gasteiger partial charge in [0.05, 0.1) is 10.9 Å². The first-order chi connectivity index (χ1) is 10.1. The number of carbonyl (C=O) groups is 1. The Morgan fingerprint density at radius 2 is 1.81 bits per heavy atom. The monoisotopic (exact) mass is 300 g/mol. The molecule has 0 N–H and O–H groups in total. The van der Waals surface area contributed by atoms with Gasteiger partial charge in [0.1, 0.15) is 5.52 Å². The minimum atomic E-state index is -0.685. The van der Waals surface area contributed by atoms with Gasteiger partial charge in [-0.3, -0.25) is 9.59 Å². The van der Waals surface area contributed by atoms with Crippen LogP contribution in [0.5, 0.6) is 0 Å². The van der Waals surface area contributed by atoms with Gasteiger partial charge in [0, 0.05) is 10.6 Å². The predicted octanol–water partition coefficient (Wildman–Crippen LogP) is 2.86. The molecule has 102 valence electrons. The van der Waals surface area contributed by atoms with Crippen LogP contribution < -0.4 is 5.56 Å². The molecule has 0 unspecified atom stereocenters. The number of rotatable bonds is 0. The summed E-state index contributed by atoms with van der Waals surface area (Å²) in [5, 5.41) is 0.0762. The molecule has 2 aromatic carbocycles. The lowest BCUT2D eigenvalue weighted by Crippen LogP contribution is -2.25. The third kappa shape index (κ3) is 1.52. The van der Waals surface area contributed by atoms with Crippen LogP contribution in [-0.4, -0.2) is 15.5 Å². The Bertz CT molecular complexity index is 1010. The van der Waals surface area contributed by atoms with Crippen molar-refractivity contribution < 1.29 is 9.18 Å². The molecular formula is C15H6ClFN2O2. The number of nitrogens with zero attached hydrogens (tertiary/aromatic N) is 2. The van der Waals surface area contributed by atoms with E-state index in [0.29, 0.717) is 11.1 Å². The molecule has 0 aliphatic carbocycles. The van der Waals surface area contributed by atoms with Crippen molar-refractivity contribution >= 4 is 28.4 Å². The molecule has 0 radical (unpaired) electrons. The van der Waals surface area contributed by atoms with E-state index in [4.69, 9.17) is 11.6 Å². The largest absolute Gasteiger partial charge is 0.268 e. The first-order valence-electron chi connectivity index (χ1n) is 6.14. The van der Waals surface area contributed by atoms with E-state index in [-0.39, 0.29) is 21.7 Å². The SMILES string of the molecule is O=C1c2ccccc2-c2nc3c(F)cc(Cl)cc3c(=O)n21. The zero-order valence-corrected chi connectivity index (χ0v) is 11.2. The van der Waals surface area contributed by atoms with Gasteiger partial charge in [-0.15, -0.1) is 0 Å². The van der Waals surface area contributed by atoms with Crippen molar-refractivity contribution in [3.8, 4) is 11.4 Å². The molecule has 3 aromatic rings. The summed E-state index contributed by atoms with van der Waals surface area (Å²) in [6.45, 7) is 0. The maximum absolute atomic E-state index is 14.0. The number of fused-ring (bicyclic) bond motifs is 4. The molecule has 4 rings (SSSR count). The van der Waals surface area contributed by atoms with Gasteiger partial charge in [-0.2, -0.15) is 0 Å². The quantitative estimate of drug-likeness (QED) is 0.502. The van der Waals surface area contributed by atoms with Crippen LogP contribution >= 0.6 is 11.6 Å². The van der Waals surface area contributed by atoms with Crippen LogP contribution in [0.15, 0.2) is 41.2 Å². The summed E-state index contributed by atoms with van der Waals surface area (Å²) in [6, 6.07) is 9.13. The lowest BCUT2D eigenvalue weighted by molar-refractivity contribution is 0.0965. The van der Waals surface area contributed by atoms with Crippen LogP contribution in [0, 0.1) is 5.82 Å². The molecule has 0 saturated carbocycles. The Morgan fingerprint density at radius 1 is 1.10 bits per heavy atom. The van der Waals surface area contributed by atoms with Crippen LogP contribution in [0.4, 0.5) is 4.39 Å². The molecule has 0 saturated heterocycles. The predicted molar refractivity (Wildman–Crippen MR) is 76.1 cm³/mol. The second-order valence-electron chi connectivity index (χ2n) is 4.71. The van der Waals surface area contributed by atoms with Crippen molar-refractivity contribution in [2.24, 2.45) is 0 Å². The minimum Gasteiger partial charge on any atom is -0.268 e. The molecule has 0 spiro atoms. The van der Waals surface area contributed by atoms with Gasteiger partial charge in [-0.1, -0.05) is 29.8 Å². The molecule has 1 aliphatic rings. The van der Waals surface area contributed by atoms with Gasteiger partial charge < -0.3 is 0 Å². The molecule has 6 heteroatoms. The van der Waals surface area contributed by atoms with Crippen molar-refractivity contribution in [3.05, 3.63) is 63.2 Å². The van der Waals surface area contributed by atoms with Crippen molar-refractivity contribution in [3.63, 3.8) is 0 Å². The molecule has 4 nitrogen and oxygen atoms in total. The second-order valence-corrected chi connectivity index (χ2v) is 5.15. The third-order valence-electron chi connectivity index (χ3n) is 3.49. The third-order valence-corrected chi connectivity index (χ3v) is 3.71. The molecule has 0 bridgehead atoms.